The largest absolute Gasteiger partial charge is 0.398 e. The van der Waals surface area contributed by atoms with Gasteiger partial charge < -0.3 is 10.8 Å². The Morgan fingerprint density at radius 1 is 1.46 bits per heavy atom. The molecule has 0 bridgehead atoms. The molecule has 0 heterocycles. The van der Waals surface area contributed by atoms with Crippen LogP contribution in [0.2, 0.25) is 0 Å². The highest BCUT2D eigenvalue weighted by molar-refractivity contribution is 5.64. The van der Waals surface area contributed by atoms with Gasteiger partial charge >= 0.3 is 0 Å². The maximum absolute atomic E-state index is 12.6. The van der Waals surface area contributed by atoms with E-state index in [9.17, 15) is 4.39 Å². The predicted molar refractivity (Wildman–Crippen MR) is 51.5 cm³/mol. The van der Waals surface area contributed by atoms with Crippen molar-refractivity contribution in [3.05, 3.63) is 35.7 Å². The van der Waals surface area contributed by atoms with Crippen molar-refractivity contribution in [2.75, 3.05) is 12.3 Å². The van der Waals surface area contributed by atoms with Crippen LogP contribution in [0.3, 0.4) is 0 Å². The number of hydrogen-bond acceptors (Lipinski definition) is 2. The summed E-state index contributed by atoms with van der Waals surface area (Å²) in [6, 6.07) is 4.24. The van der Waals surface area contributed by atoms with Crippen LogP contribution in [-0.2, 0) is 0 Å². The molecule has 0 saturated heterocycles. The third-order valence-corrected chi connectivity index (χ3v) is 1.64. The van der Waals surface area contributed by atoms with E-state index in [0.29, 0.717) is 12.1 Å². The molecule has 0 amide bonds. The zero-order chi connectivity index (χ0) is 9.68. The van der Waals surface area contributed by atoms with Crippen LogP contribution < -0.4 is 5.73 Å². The van der Waals surface area contributed by atoms with Gasteiger partial charge in [-0.25, -0.2) is 4.39 Å². The van der Waals surface area contributed by atoms with E-state index in [1.54, 1.807) is 18.2 Å². The van der Waals surface area contributed by atoms with Gasteiger partial charge in [0, 0.05) is 12.3 Å². The van der Waals surface area contributed by atoms with Crippen molar-refractivity contribution in [2.24, 2.45) is 0 Å². The molecule has 1 rings (SSSR count). The van der Waals surface area contributed by atoms with E-state index in [4.69, 9.17) is 10.8 Å². The molecule has 0 radical (unpaired) electrons. The van der Waals surface area contributed by atoms with E-state index in [0.717, 1.165) is 5.56 Å². The molecule has 0 unspecified atom stereocenters. The number of rotatable bonds is 3. The van der Waals surface area contributed by atoms with Gasteiger partial charge in [0.15, 0.2) is 0 Å². The number of nitrogen functional groups attached to an aromatic ring is 1. The number of benzene rings is 1. The van der Waals surface area contributed by atoms with Gasteiger partial charge in [0.2, 0.25) is 0 Å². The minimum Gasteiger partial charge on any atom is -0.398 e. The Kier molecular flexibility index (Phi) is 3.46. The van der Waals surface area contributed by atoms with E-state index in [1.807, 2.05) is 0 Å². The van der Waals surface area contributed by atoms with Crippen LogP contribution in [0.25, 0.3) is 6.08 Å². The first-order valence-corrected chi connectivity index (χ1v) is 4.06. The van der Waals surface area contributed by atoms with Crippen LogP contribution in [-0.4, -0.2) is 11.7 Å². The van der Waals surface area contributed by atoms with Gasteiger partial charge in [0.25, 0.3) is 0 Å². The first-order chi connectivity index (χ1) is 6.24. The number of halogens is 1. The van der Waals surface area contributed by atoms with Crippen molar-refractivity contribution in [3.63, 3.8) is 0 Å². The molecule has 0 aromatic heterocycles. The molecule has 1 aromatic carbocycles. The highest BCUT2D eigenvalue weighted by atomic mass is 19.1. The van der Waals surface area contributed by atoms with Crippen molar-refractivity contribution >= 4 is 11.8 Å². The molecule has 0 aliphatic rings. The van der Waals surface area contributed by atoms with E-state index in [2.05, 4.69) is 0 Å². The molecule has 1 aromatic rings. The minimum absolute atomic E-state index is 0.109. The second-order valence-electron chi connectivity index (χ2n) is 2.69. The fourth-order valence-electron chi connectivity index (χ4n) is 0.982. The lowest BCUT2D eigenvalue weighted by molar-refractivity contribution is 0.303. The zero-order valence-corrected chi connectivity index (χ0v) is 7.20. The van der Waals surface area contributed by atoms with Gasteiger partial charge in [0.1, 0.15) is 5.82 Å². The molecule has 70 valence electrons. The van der Waals surface area contributed by atoms with Crippen LogP contribution in [0.15, 0.2) is 24.3 Å². The van der Waals surface area contributed by atoms with E-state index in [-0.39, 0.29) is 12.4 Å². The normalized spacial score (nSPS) is 10.9. The molecule has 0 saturated carbocycles. The van der Waals surface area contributed by atoms with Gasteiger partial charge in [-0.1, -0.05) is 18.2 Å². The van der Waals surface area contributed by atoms with Crippen LogP contribution in [0.1, 0.15) is 12.0 Å². The molecule has 3 N–H and O–H groups in total. The Hall–Kier alpha value is -1.35. The standard InChI is InChI=1S/C10H12FNO/c11-9-5-4-8(10(12)7-9)3-1-2-6-13/h1,3-5,7,13H,2,6,12H2. The Bertz CT molecular complexity index is 310. The van der Waals surface area contributed by atoms with Gasteiger partial charge in [-0.3, -0.25) is 0 Å². The van der Waals surface area contributed by atoms with E-state index < -0.39 is 0 Å². The summed E-state index contributed by atoms with van der Waals surface area (Å²) in [5, 5.41) is 8.52. The molecule has 2 nitrogen and oxygen atoms in total. The molecule has 13 heavy (non-hydrogen) atoms. The summed E-state index contributed by atoms with van der Waals surface area (Å²) in [7, 11) is 0. The number of aliphatic hydroxyl groups is 1. The molecule has 0 spiro atoms. The molecular weight excluding hydrogens is 169 g/mol. The van der Waals surface area contributed by atoms with Crippen molar-refractivity contribution < 1.29 is 9.50 Å². The molecule has 3 heteroatoms. The summed E-state index contributed by atoms with van der Waals surface area (Å²) in [5.74, 6) is -0.336. The highest BCUT2D eigenvalue weighted by Crippen LogP contribution is 2.14. The van der Waals surface area contributed by atoms with Crippen LogP contribution in [0.5, 0.6) is 0 Å². The average molecular weight is 181 g/mol. The van der Waals surface area contributed by atoms with Crippen molar-refractivity contribution in [3.8, 4) is 0 Å². The predicted octanol–water partition coefficient (Wildman–Crippen LogP) is 1.80. The highest BCUT2D eigenvalue weighted by Gasteiger charge is 1.95. The third-order valence-electron chi connectivity index (χ3n) is 1.64. The van der Waals surface area contributed by atoms with Crippen molar-refractivity contribution in [1.29, 1.82) is 0 Å². The number of hydrogen-bond donors (Lipinski definition) is 2. The lowest BCUT2D eigenvalue weighted by Gasteiger charge is -1.99. The summed E-state index contributed by atoms with van der Waals surface area (Å²) in [6.07, 6.45) is 4.14. The summed E-state index contributed by atoms with van der Waals surface area (Å²) in [5.41, 5.74) is 6.73. The lowest BCUT2D eigenvalue weighted by Crippen LogP contribution is -1.90. The summed E-state index contributed by atoms with van der Waals surface area (Å²) >= 11 is 0. The third kappa shape index (κ3) is 2.87. The summed E-state index contributed by atoms with van der Waals surface area (Å²) in [4.78, 5) is 0. The number of aliphatic hydroxyl groups excluding tert-OH is 1. The summed E-state index contributed by atoms with van der Waals surface area (Å²) in [6.45, 7) is 0.109. The second kappa shape index (κ2) is 4.62. The monoisotopic (exact) mass is 181 g/mol. The first-order valence-electron chi connectivity index (χ1n) is 4.06. The number of anilines is 1. The van der Waals surface area contributed by atoms with Crippen LogP contribution in [0.4, 0.5) is 10.1 Å². The van der Waals surface area contributed by atoms with Crippen molar-refractivity contribution in [2.45, 2.75) is 6.42 Å². The molecule has 0 aliphatic carbocycles. The van der Waals surface area contributed by atoms with Gasteiger partial charge in [-0.2, -0.15) is 0 Å². The molecule has 0 atom stereocenters. The molecule has 0 aliphatic heterocycles. The minimum atomic E-state index is -0.336. The Labute approximate surface area is 76.5 Å². The SMILES string of the molecule is Nc1cc(F)ccc1C=CCCO. The van der Waals surface area contributed by atoms with E-state index in [1.165, 1.54) is 12.1 Å². The quantitative estimate of drug-likeness (QED) is 0.698. The van der Waals surface area contributed by atoms with Crippen LogP contribution >= 0.6 is 0 Å². The van der Waals surface area contributed by atoms with E-state index >= 15 is 0 Å². The smallest absolute Gasteiger partial charge is 0.125 e. The second-order valence-corrected chi connectivity index (χ2v) is 2.69. The molecule has 0 fully saturated rings. The topological polar surface area (TPSA) is 46.2 Å². The lowest BCUT2D eigenvalue weighted by atomic mass is 10.1. The van der Waals surface area contributed by atoms with Crippen molar-refractivity contribution in [1.82, 2.24) is 0 Å². The molecular formula is C10H12FNO. The maximum atomic E-state index is 12.6. The summed E-state index contributed by atoms with van der Waals surface area (Å²) < 4.78 is 12.6. The maximum Gasteiger partial charge on any atom is 0.125 e. The van der Waals surface area contributed by atoms with Gasteiger partial charge in [-0.15, -0.1) is 0 Å². The zero-order valence-electron chi connectivity index (χ0n) is 7.20. The Morgan fingerprint density at radius 3 is 2.85 bits per heavy atom. The Balaban J connectivity index is 2.77. The average Bonchev–Trinajstić information content (AvgIpc) is 2.09. The van der Waals surface area contributed by atoms with Gasteiger partial charge in [0.05, 0.1) is 0 Å². The fourth-order valence-corrected chi connectivity index (χ4v) is 0.982. The first kappa shape index (κ1) is 9.74. The Morgan fingerprint density at radius 2 is 2.23 bits per heavy atom. The van der Waals surface area contributed by atoms with Gasteiger partial charge in [-0.05, 0) is 24.1 Å². The van der Waals surface area contributed by atoms with Crippen LogP contribution in [0, 0.1) is 5.82 Å². The fraction of sp³-hybridized carbons (Fsp3) is 0.200. The number of nitrogens with two attached hydrogens (primary N) is 1.